The Labute approximate surface area is 116 Å². The van der Waals surface area contributed by atoms with Gasteiger partial charge in [-0.1, -0.05) is 29.9 Å². The van der Waals surface area contributed by atoms with E-state index in [9.17, 15) is 0 Å². The van der Waals surface area contributed by atoms with E-state index >= 15 is 0 Å². The first-order valence-electron chi connectivity index (χ1n) is 6.30. The molecule has 1 aliphatic rings. The van der Waals surface area contributed by atoms with Gasteiger partial charge in [0.25, 0.3) is 0 Å². The van der Waals surface area contributed by atoms with Gasteiger partial charge in [0.2, 0.25) is 0 Å². The van der Waals surface area contributed by atoms with E-state index in [1.165, 1.54) is 4.70 Å². The highest BCUT2D eigenvalue weighted by atomic mass is 35.5. The average molecular weight is 282 g/mol. The molecule has 3 nitrogen and oxygen atoms in total. The molecule has 0 saturated carbocycles. The van der Waals surface area contributed by atoms with Crippen molar-refractivity contribution in [1.29, 1.82) is 0 Å². The van der Waals surface area contributed by atoms with Gasteiger partial charge in [-0.2, -0.15) is 0 Å². The fourth-order valence-electron chi connectivity index (χ4n) is 2.29. The zero-order valence-electron chi connectivity index (χ0n) is 10.3. The molecule has 2 heterocycles. The molecular formula is C13H16ClN3S. The zero-order valence-corrected chi connectivity index (χ0v) is 11.9. The van der Waals surface area contributed by atoms with E-state index in [1.54, 1.807) is 11.3 Å². The Bertz CT molecular complexity index is 554. The first-order valence-corrected chi connectivity index (χ1v) is 7.50. The quantitative estimate of drug-likeness (QED) is 0.917. The lowest BCUT2D eigenvalue weighted by Gasteiger charge is -2.32. The van der Waals surface area contributed by atoms with E-state index in [1.807, 2.05) is 18.2 Å². The fraction of sp³-hybridized carbons (Fsp3) is 0.462. The highest BCUT2D eigenvalue weighted by Crippen LogP contribution is 2.31. The molecule has 2 aromatic rings. The van der Waals surface area contributed by atoms with E-state index in [-0.39, 0.29) is 0 Å². The minimum absolute atomic E-state index is 0.578. The van der Waals surface area contributed by atoms with Gasteiger partial charge in [0.05, 0.1) is 10.2 Å². The summed E-state index contributed by atoms with van der Waals surface area (Å²) in [5, 5.41) is 5.43. The van der Waals surface area contributed by atoms with Crippen molar-refractivity contribution < 1.29 is 0 Å². The molecule has 1 N–H and O–H groups in total. The monoisotopic (exact) mass is 281 g/mol. The number of halogens is 1. The number of aromatic nitrogens is 1. The lowest BCUT2D eigenvalue weighted by atomic mass is 10.2. The van der Waals surface area contributed by atoms with Gasteiger partial charge in [0, 0.05) is 30.7 Å². The Balaban J connectivity index is 1.89. The molecular weight excluding hydrogens is 266 g/mol. The van der Waals surface area contributed by atoms with Crippen molar-refractivity contribution in [3.05, 3.63) is 23.2 Å². The van der Waals surface area contributed by atoms with Crippen molar-refractivity contribution in [2.75, 3.05) is 24.5 Å². The zero-order chi connectivity index (χ0) is 12.5. The number of fused-ring (bicyclic) bond motifs is 1. The van der Waals surface area contributed by atoms with Crippen LogP contribution in [0.4, 0.5) is 5.13 Å². The summed E-state index contributed by atoms with van der Waals surface area (Å²) in [6.45, 7) is 5.34. The van der Waals surface area contributed by atoms with Gasteiger partial charge in [-0.3, -0.25) is 0 Å². The Hall–Kier alpha value is -0.840. The third-order valence-electron chi connectivity index (χ3n) is 3.36. The van der Waals surface area contributed by atoms with Gasteiger partial charge in [-0.05, 0) is 24.6 Å². The Morgan fingerprint density at radius 3 is 3.28 bits per heavy atom. The molecule has 1 fully saturated rings. The summed E-state index contributed by atoms with van der Waals surface area (Å²) in [6.07, 6.45) is 1.16. The minimum Gasteiger partial charge on any atom is -0.345 e. The summed E-state index contributed by atoms with van der Waals surface area (Å²) in [5.74, 6) is 0. The first kappa shape index (κ1) is 12.2. The molecule has 0 unspecified atom stereocenters. The predicted octanol–water partition coefficient (Wildman–Crippen LogP) is 3.14. The average Bonchev–Trinajstić information content (AvgIpc) is 2.81. The molecule has 0 bridgehead atoms. The molecule has 0 spiro atoms. The van der Waals surface area contributed by atoms with Crippen LogP contribution in [-0.2, 0) is 0 Å². The fourth-order valence-corrected chi connectivity index (χ4v) is 3.57. The normalized spacial score (nSPS) is 20.6. The topological polar surface area (TPSA) is 28.2 Å². The largest absolute Gasteiger partial charge is 0.345 e. The van der Waals surface area contributed by atoms with Crippen molar-refractivity contribution in [3.8, 4) is 0 Å². The lowest BCUT2D eigenvalue weighted by molar-refractivity contribution is 0.447. The van der Waals surface area contributed by atoms with E-state index in [4.69, 9.17) is 16.6 Å². The van der Waals surface area contributed by atoms with Crippen LogP contribution in [0.25, 0.3) is 10.2 Å². The van der Waals surface area contributed by atoms with Crippen molar-refractivity contribution >= 4 is 38.3 Å². The van der Waals surface area contributed by atoms with Crippen molar-refractivity contribution in [1.82, 2.24) is 10.3 Å². The molecule has 96 valence electrons. The number of nitrogens with zero attached hydrogens (tertiary/aromatic N) is 2. The molecule has 1 saturated heterocycles. The third kappa shape index (κ3) is 2.32. The van der Waals surface area contributed by atoms with Crippen LogP contribution in [0.2, 0.25) is 5.02 Å². The molecule has 1 aliphatic heterocycles. The molecule has 0 radical (unpaired) electrons. The standard InChI is InChI=1S/C13H16ClN3S/c1-2-10-8-17(6-5-15-10)13-16-11-4-3-9(14)7-12(11)18-13/h3-4,7,10,15H,2,5-6,8H2,1H3/t10-/m0/s1. The van der Waals surface area contributed by atoms with Gasteiger partial charge in [0.1, 0.15) is 0 Å². The second-order valence-electron chi connectivity index (χ2n) is 4.61. The molecule has 1 atom stereocenters. The van der Waals surface area contributed by atoms with Crippen molar-refractivity contribution in [2.45, 2.75) is 19.4 Å². The van der Waals surface area contributed by atoms with Crippen LogP contribution in [0.1, 0.15) is 13.3 Å². The summed E-state index contributed by atoms with van der Waals surface area (Å²) in [7, 11) is 0. The van der Waals surface area contributed by atoms with Gasteiger partial charge in [-0.15, -0.1) is 0 Å². The van der Waals surface area contributed by atoms with Crippen LogP contribution in [0.5, 0.6) is 0 Å². The highest BCUT2D eigenvalue weighted by Gasteiger charge is 2.20. The number of hydrogen-bond donors (Lipinski definition) is 1. The highest BCUT2D eigenvalue weighted by molar-refractivity contribution is 7.22. The summed E-state index contributed by atoms with van der Waals surface area (Å²) in [6, 6.07) is 6.48. The van der Waals surface area contributed by atoms with Gasteiger partial charge in [-0.25, -0.2) is 4.98 Å². The Morgan fingerprint density at radius 1 is 1.56 bits per heavy atom. The summed E-state index contributed by atoms with van der Waals surface area (Å²) in [4.78, 5) is 7.08. The number of hydrogen-bond acceptors (Lipinski definition) is 4. The van der Waals surface area contributed by atoms with E-state index in [0.717, 1.165) is 41.7 Å². The first-order chi connectivity index (χ1) is 8.76. The predicted molar refractivity (Wildman–Crippen MR) is 78.9 cm³/mol. The number of anilines is 1. The number of rotatable bonds is 2. The molecule has 5 heteroatoms. The second-order valence-corrected chi connectivity index (χ2v) is 6.06. The van der Waals surface area contributed by atoms with E-state index in [2.05, 4.69) is 17.1 Å². The maximum atomic E-state index is 6.01. The molecule has 1 aromatic carbocycles. The van der Waals surface area contributed by atoms with Crippen LogP contribution in [0.3, 0.4) is 0 Å². The molecule has 1 aromatic heterocycles. The summed E-state index contributed by atoms with van der Waals surface area (Å²) in [5.41, 5.74) is 1.05. The minimum atomic E-state index is 0.578. The molecule has 0 aliphatic carbocycles. The SMILES string of the molecule is CC[C@H]1CN(c2nc3ccc(Cl)cc3s2)CCN1. The number of thiazole rings is 1. The van der Waals surface area contributed by atoms with Gasteiger partial charge in [0.15, 0.2) is 5.13 Å². The van der Waals surface area contributed by atoms with Crippen LogP contribution in [0.15, 0.2) is 18.2 Å². The van der Waals surface area contributed by atoms with E-state index < -0.39 is 0 Å². The molecule has 3 rings (SSSR count). The van der Waals surface area contributed by atoms with Gasteiger partial charge < -0.3 is 10.2 Å². The number of benzene rings is 1. The van der Waals surface area contributed by atoms with Gasteiger partial charge >= 0.3 is 0 Å². The number of nitrogens with one attached hydrogen (secondary N) is 1. The summed E-state index contributed by atoms with van der Waals surface area (Å²) < 4.78 is 1.17. The Kier molecular flexibility index (Phi) is 3.41. The molecule has 18 heavy (non-hydrogen) atoms. The smallest absolute Gasteiger partial charge is 0.186 e. The van der Waals surface area contributed by atoms with Crippen LogP contribution >= 0.6 is 22.9 Å². The molecule has 0 amide bonds. The van der Waals surface area contributed by atoms with Crippen LogP contribution < -0.4 is 10.2 Å². The van der Waals surface area contributed by atoms with Crippen LogP contribution in [-0.4, -0.2) is 30.7 Å². The van der Waals surface area contributed by atoms with Crippen molar-refractivity contribution in [2.24, 2.45) is 0 Å². The lowest BCUT2D eigenvalue weighted by Crippen LogP contribution is -2.50. The summed E-state index contributed by atoms with van der Waals surface area (Å²) >= 11 is 7.75. The third-order valence-corrected chi connectivity index (χ3v) is 4.67. The van der Waals surface area contributed by atoms with Crippen molar-refractivity contribution in [3.63, 3.8) is 0 Å². The second kappa shape index (κ2) is 5.03. The Morgan fingerprint density at radius 2 is 2.44 bits per heavy atom. The maximum Gasteiger partial charge on any atom is 0.186 e. The van der Waals surface area contributed by atoms with E-state index in [0.29, 0.717) is 6.04 Å². The maximum absolute atomic E-state index is 6.01. The number of piperazine rings is 1. The van der Waals surface area contributed by atoms with Crippen LogP contribution in [0, 0.1) is 0 Å².